The van der Waals surface area contributed by atoms with Crippen LogP contribution in [0.2, 0.25) is 0 Å². The van der Waals surface area contributed by atoms with Gasteiger partial charge in [0.15, 0.2) is 0 Å². The fourth-order valence-electron chi connectivity index (χ4n) is 3.09. The number of piperazine rings is 1. The van der Waals surface area contributed by atoms with Crippen LogP contribution >= 0.6 is 11.3 Å². The lowest BCUT2D eigenvalue weighted by Crippen LogP contribution is -2.46. The van der Waals surface area contributed by atoms with Crippen LogP contribution in [0.5, 0.6) is 0 Å². The number of benzene rings is 1. The Morgan fingerprint density at radius 2 is 1.81 bits per heavy atom. The normalized spacial score (nSPS) is 15.8. The standard InChI is InChI=1S/C18H21N3O4S/c22-18(23)7-8-19-9-11-20(12-10-19)13-14-5-6-17(26-14)15-3-1-2-4-16(15)21(24)25/h1-6H,7-13H2,(H,22,23). The van der Waals surface area contributed by atoms with E-state index in [1.165, 1.54) is 10.9 Å². The summed E-state index contributed by atoms with van der Waals surface area (Å²) in [7, 11) is 0. The van der Waals surface area contributed by atoms with Gasteiger partial charge in [-0.3, -0.25) is 19.8 Å². The molecule has 1 aromatic heterocycles. The van der Waals surface area contributed by atoms with E-state index in [0.717, 1.165) is 37.6 Å². The summed E-state index contributed by atoms with van der Waals surface area (Å²) in [6.45, 7) is 4.96. The quantitative estimate of drug-likeness (QED) is 0.591. The smallest absolute Gasteiger partial charge is 0.304 e. The van der Waals surface area contributed by atoms with Crippen molar-refractivity contribution in [1.29, 1.82) is 0 Å². The van der Waals surface area contributed by atoms with E-state index in [-0.39, 0.29) is 17.0 Å². The third-order valence-corrected chi connectivity index (χ3v) is 5.62. The molecule has 0 spiro atoms. The highest BCUT2D eigenvalue weighted by atomic mass is 32.1. The fourth-order valence-corrected chi connectivity index (χ4v) is 4.18. The molecule has 0 bridgehead atoms. The number of nitro groups is 1. The third kappa shape index (κ3) is 4.66. The number of aliphatic carboxylic acids is 1. The minimum absolute atomic E-state index is 0.132. The van der Waals surface area contributed by atoms with Crippen LogP contribution < -0.4 is 0 Å². The molecule has 1 N–H and O–H groups in total. The van der Waals surface area contributed by atoms with Gasteiger partial charge in [-0.05, 0) is 18.2 Å². The van der Waals surface area contributed by atoms with Crippen LogP contribution in [-0.2, 0) is 11.3 Å². The molecule has 7 nitrogen and oxygen atoms in total. The van der Waals surface area contributed by atoms with Crippen molar-refractivity contribution in [2.45, 2.75) is 13.0 Å². The van der Waals surface area contributed by atoms with Gasteiger partial charge in [-0.15, -0.1) is 11.3 Å². The lowest BCUT2D eigenvalue weighted by molar-refractivity contribution is -0.384. The van der Waals surface area contributed by atoms with E-state index in [1.54, 1.807) is 23.5 Å². The highest BCUT2D eigenvalue weighted by Crippen LogP contribution is 2.35. The molecule has 1 fully saturated rings. The van der Waals surface area contributed by atoms with Gasteiger partial charge in [0.05, 0.1) is 16.9 Å². The molecule has 0 unspecified atom stereocenters. The van der Waals surface area contributed by atoms with E-state index < -0.39 is 5.97 Å². The minimum atomic E-state index is -0.756. The van der Waals surface area contributed by atoms with Gasteiger partial charge in [0.1, 0.15) is 0 Å². The predicted molar refractivity (Wildman–Crippen MR) is 100 cm³/mol. The van der Waals surface area contributed by atoms with Crippen molar-refractivity contribution in [2.24, 2.45) is 0 Å². The molecule has 1 saturated heterocycles. The molecule has 1 aliphatic heterocycles. The van der Waals surface area contributed by atoms with Gasteiger partial charge in [0.25, 0.3) is 5.69 Å². The highest BCUT2D eigenvalue weighted by Gasteiger charge is 2.19. The summed E-state index contributed by atoms with van der Waals surface area (Å²) in [6.07, 6.45) is 0.185. The summed E-state index contributed by atoms with van der Waals surface area (Å²) in [5.74, 6) is -0.756. The van der Waals surface area contributed by atoms with Gasteiger partial charge < -0.3 is 10.0 Å². The van der Waals surface area contributed by atoms with Crippen LogP contribution in [0.3, 0.4) is 0 Å². The van der Waals surface area contributed by atoms with Crippen LogP contribution in [0.1, 0.15) is 11.3 Å². The van der Waals surface area contributed by atoms with Gasteiger partial charge in [-0.1, -0.05) is 12.1 Å². The highest BCUT2D eigenvalue weighted by molar-refractivity contribution is 7.15. The molecule has 0 aliphatic carbocycles. The first-order chi connectivity index (χ1) is 12.5. The number of nitro benzene ring substituents is 1. The molecule has 138 valence electrons. The van der Waals surface area contributed by atoms with Crippen LogP contribution in [0, 0.1) is 10.1 Å². The van der Waals surface area contributed by atoms with Crippen molar-refractivity contribution in [3.8, 4) is 10.4 Å². The van der Waals surface area contributed by atoms with Crippen molar-refractivity contribution >= 4 is 23.0 Å². The van der Waals surface area contributed by atoms with E-state index in [4.69, 9.17) is 5.11 Å². The van der Waals surface area contributed by atoms with Gasteiger partial charge in [0, 0.05) is 55.1 Å². The van der Waals surface area contributed by atoms with Crippen LogP contribution in [0.25, 0.3) is 10.4 Å². The second-order valence-corrected chi connectivity index (χ2v) is 7.47. The molecular formula is C18H21N3O4S. The Kier molecular flexibility index (Phi) is 5.97. The van der Waals surface area contributed by atoms with Crippen molar-refractivity contribution in [1.82, 2.24) is 9.80 Å². The Balaban J connectivity index is 1.58. The predicted octanol–water partition coefficient (Wildman–Crippen LogP) is 2.92. The first-order valence-electron chi connectivity index (χ1n) is 8.52. The van der Waals surface area contributed by atoms with Crippen LogP contribution in [0.15, 0.2) is 36.4 Å². The van der Waals surface area contributed by atoms with Crippen molar-refractivity contribution < 1.29 is 14.8 Å². The molecule has 0 saturated carbocycles. The largest absolute Gasteiger partial charge is 0.481 e. The summed E-state index contributed by atoms with van der Waals surface area (Å²) < 4.78 is 0. The number of rotatable bonds is 7. The number of hydrogen-bond acceptors (Lipinski definition) is 6. The maximum atomic E-state index is 11.2. The van der Waals surface area contributed by atoms with Gasteiger partial charge in [-0.2, -0.15) is 0 Å². The molecule has 0 radical (unpaired) electrons. The zero-order valence-corrected chi connectivity index (χ0v) is 15.2. The summed E-state index contributed by atoms with van der Waals surface area (Å²) in [5.41, 5.74) is 0.792. The molecule has 3 rings (SSSR count). The second kappa shape index (κ2) is 8.39. The van der Waals surface area contributed by atoms with Crippen LogP contribution in [-0.4, -0.2) is 58.5 Å². The fraction of sp³-hybridized carbons (Fsp3) is 0.389. The molecule has 0 amide bonds. The Bertz CT molecular complexity index is 784. The Hall–Kier alpha value is -2.29. The molecule has 1 aliphatic rings. The minimum Gasteiger partial charge on any atom is -0.481 e. The summed E-state index contributed by atoms with van der Waals surface area (Å²) in [4.78, 5) is 28.1. The Morgan fingerprint density at radius 1 is 1.12 bits per heavy atom. The maximum absolute atomic E-state index is 11.2. The monoisotopic (exact) mass is 375 g/mol. The second-order valence-electron chi connectivity index (χ2n) is 6.30. The van der Waals surface area contributed by atoms with E-state index in [0.29, 0.717) is 12.1 Å². The zero-order valence-electron chi connectivity index (χ0n) is 14.3. The molecule has 2 aromatic rings. The number of carboxylic acid groups (broad SMARTS) is 1. The van der Waals surface area contributed by atoms with Crippen molar-refractivity contribution in [3.05, 3.63) is 51.4 Å². The summed E-state index contributed by atoms with van der Waals surface area (Å²) in [5, 5.41) is 20.0. The SMILES string of the molecule is O=C(O)CCN1CCN(Cc2ccc(-c3ccccc3[N+](=O)[O-])s2)CC1. The van der Waals surface area contributed by atoms with E-state index in [1.807, 2.05) is 18.2 Å². The topological polar surface area (TPSA) is 86.9 Å². The number of carboxylic acids is 1. The lowest BCUT2D eigenvalue weighted by atomic mass is 10.1. The Labute approximate surface area is 155 Å². The number of para-hydroxylation sites is 1. The summed E-state index contributed by atoms with van der Waals surface area (Å²) in [6, 6.07) is 10.8. The molecule has 0 atom stereocenters. The van der Waals surface area contributed by atoms with Crippen LogP contribution in [0.4, 0.5) is 5.69 Å². The molecule has 2 heterocycles. The van der Waals surface area contributed by atoms with Gasteiger partial charge in [-0.25, -0.2) is 0 Å². The number of nitrogens with zero attached hydrogens (tertiary/aromatic N) is 3. The summed E-state index contributed by atoms with van der Waals surface area (Å²) >= 11 is 1.59. The molecular weight excluding hydrogens is 354 g/mol. The molecule has 1 aromatic carbocycles. The Morgan fingerprint density at radius 3 is 2.50 bits per heavy atom. The first-order valence-corrected chi connectivity index (χ1v) is 9.33. The van der Waals surface area contributed by atoms with Crippen molar-refractivity contribution in [2.75, 3.05) is 32.7 Å². The van der Waals surface area contributed by atoms with Gasteiger partial charge >= 0.3 is 5.97 Å². The number of hydrogen-bond donors (Lipinski definition) is 1. The number of thiophene rings is 1. The van der Waals surface area contributed by atoms with Crippen molar-refractivity contribution in [3.63, 3.8) is 0 Å². The van der Waals surface area contributed by atoms with Gasteiger partial charge in [0.2, 0.25) is 0 Å². The van der Waals surface area contributed by atoms with E-state index in [9.17, 15) is 14.9 Å². The molecule has 26 heavy (non-hydrogen) atoms. The van der Waals surface area contributed by atoms with E-state index >= 15 is 0 Å². The number of carbonyl (C=O) groups is 1. The average molecular weight is 375 g/mol. The maximum Gasteiger partial charge on any atom is 0.304 e. The lowest BCUT2D eigenvalue weighted by Gasteiger charge is -2.34. The van der Waals surface area contributed by atoms with E-state index in [2.05, 4.69) is 9.80 Å². The third-order valence-electron chi connectivity index (χ3n) is 4.51. The average Bonchev–Trinajstić information content (AvgIpc) is 3.09. The molecule has 8 heteroatoms. The first kappa shape index (κ1) is 18.5. The zero-order chi connectivity index (χ0) is 18.5.